The molecule has 4 aromatic rings. The Kier molecular flexibility index (Phi) is 7.57. The van der Waals surface area contributed by atoms with Crippen molar-refractivity contribution in [2.45, 2.75) is 13.8 Å². The molecule has 1 heterocycles. The number of aryl methyl sites for hydroxylation is 1. The minimum absolute atomic E-state index is 0.171. The van der Waals surface area contributed by atoms with Crippen molar-refractivity contribution in [3.05, 3.63) is 92.9 Å². The van der Waals surface area contributed by atoms with E-state index >= 15 is 0 Å². The van der Waals surface area contributed by atoms with Crippen LogP contribution in [-0.4, -0.2) is 35.0 Å². The van der Waals surface area contributed by atoms with Crippen molar-refractivity contribution in [2.75, 3.05) is 18.5 Å². The standard InChI is InChI=1S/C26H23BrN4O4/c1-3-34-24-13-18(9-12-23(24)35-16-25(32)30-20-7-5-4-6-8-20)15-28-31-17(2)29-22-11-10-19(27)14-21(22)26(31)33/h4-15H,3,16H2,1-2H3,(H,30,32). The minimum atomic E-state index is -0.283. The smallest absolute Gasteiger partial charge is 0.282 e. The number of amides is 1. The van der Waals surface area contributed by atoms with E-state index in [0.29, 0.717) is 46.1 Å². The molecule has 35 heavy (non-hydrogen) atoms. The maximum Gasteiger partial charge on any atom is 0.282 e. The number of benzene rings is 3. The number of carbonyl (C=O) groups excluding carboxylic acids is 1. The van der Waals surface area contributed by atoms with Gasteiger partial charge in [-0.2, -0.15) is 9.78 Å². The predicted molar refractivity (Wildman–Crippen MR) is 140 cm³/mol. The van der Waals surface area contributed by atoms with Gasteiger partial charge in [-0.1, -0.05) is 34.1 Å². The number of anilines is 1. The molecule has 0 atom stereocenters. The van der Waals surface area contributed by atoms with Crippen molar-refractivity contribution in [2.24, 2.45) is 5.10 Å². The molecule has 0 aliphatic rings. The van der Waals surface area contributed by atoms with Crippen LogP contribution in [0.3, 0.4) is 0 Å². The van der Waals surface area contributed by atoms with Gasteiger partial charge >= 0.3 is 0 Å². The van der Waals surface area contributed by atoms with Crippen LogP contribution in [0.4, 0.5) is 5.69 Å². The Morgan fingerprint density at radius 2 is 1.89 bits per heavy atom. The molecule has 0 aliphatic heterocycles. The van der Waals surface area contributed by atoms with E-state index in [9.17, 15) is 9.59 Å². The summed E-state index contributed by atoms with van der Waals surface area (Å²) in [5.41, 5.74) is 1.73. The van der Waals surface area contributed by atoms with Gasteiger partial charge in [-0.05, 0) is 67.9 Å². The fourth-order valence-electron chi connectivity index (χ4n) is 3.37. The number of carbonyl (C=O) groups is 1. The second-order valence-electron chi connectivity index (χ2n) is 7.52. The van der Waals surface area contributed by atoms with Crippen LogP contribution in [0.1, 0.15) is 18.3 Å². The molecule has 0 fully saturated rings. The number of fused-ring (bicyclic) bond motifs is 1. The third-order valence-corrected chi connectivity index (χ3v) is 5.47. The highest BCUT2D eigenvalue weighted by molar-refractivity contribution is 9.10. The van der Waals surface area contributed by atoms with Gasteiger partial charge in [0.15, 0.2) is 18.1 Å². The van der Waals surface area contributed by atoms with Crippen LogP contribution in [0, 0.1) is 6.92 Å². The summed E-state index contributed by atoms with van der Waals surface area (Å²) >= 11 is 3.39. The first-order chi connectivity index (χ1) is 16.9. The molecule has 0 spiro atoms. The fourth-order valence-corrected chi connectivity index (χ4v) is 3.74. The fraction of sp³-hybridized carbons (Fsp3) is 0.154. The zero-order valence-electron chi connectivity index (χ0n) is 19.2. The Labute approximate surface area is 210 Å². The van der Waals surface area contributed by atoms with Crippen LogP contribution in [0.15, 0.2) is 81.1 Å². The van der Waals surface area contributed by atoms with Gasteiger partial charge in [0, 0.05) is 10.2 Å². The zero-order valence-corrected chi connectivity index (χ0v) is 20.8. The summed E-state index contributed by atoms with van der Waals surface area (Å²) in [4.78, 5) is 29.6. The number of hydrogen-bond acceptors (Lipinski definition) is 6. The Balaban J connectivity index is 1.53. The number of hydrogen-bond donors (Lipinski definition) is 1. The number of nitrogens with one attached hydrogen (secondary N) is 1. The molecular weight excluding hydrogens is 512 g/mol. The van der Waals surface area contributed by atoms with Crippen molar-refractivity contribution in [1.82, 2.24) is 9.66 Å². The summed E-state index contributed by atoms with van der Waals surface area (Å²) in [6.07, 6.45) is 1.55. The van der Waals surface area contributed by atoms with Crippen molar-refractivity contribution in [1.29, 1.82) is 0 Å². The first kappa shape index (κ1) is 24.2. The molecule has 0 bridgehead atoms. The number of nitrogens with zero attached hydrogens (tertiary/aromatic N) is 3. The Hall–Kier alpha value is -3.98. The van der Waals surface area contributed by atoms with Crippen LogP contribution in [-0.2, 0) is 4.79 Å². The van der Waals surface area contributed by atoms with Gasteiger partial charge < -0.3 is 14.8 Å². The van der Waals surface area contributed by atoms with E-state index in [1.54, 1.807) is 55.6 Å². The van der Waals surface area contributed by atoms with Crippen molar-refractivity contribution in [3.8, 4) is 11.5 Å². The molecule has 178 valence electrons. The zero-order chi connectivity index (χ0) is 24.8. The summed E-state index contributed by atoms with van der Waals surface area (Å²) in [5, 5.41) is 7.59. The summed E-state index contributed by atoms with van der Waals surface area (Å²) in [6, 6.07) is 19.7. The molecule has 1 N–H and O–H groups in total. The van der Waals surface area contributed by atoms with Gasteiger partial charge in [0.05, 0.1) is 23.7 Å². The lowest BCUT2D eigenvalue weighted by Gasteiger charge is -2.13. The monoisotopic (exact) mass is 534 g/mol. The highest BCUT2D eigenvalue weighted by Gasteiger charge is 2.11. The maximum absolute atomic E-state index is 12.9. The maximum atomic E-state index is 12.9. The molecule has 3 aromatic carbocycles. The van der Waals surface area contributed by atoms with Crippen LogP contribution in [0.5, 0.6) is 11.5 Å². The normalized spacial score (nSPS) is 11.1. The first-order valence-corrected chi connectivity index (χ1v) is 11.7. The van der Waals surface area contributed by atoms with E-state index in [2.05, 4.69) is 31.3 Å². The molecule has 0 unspecified atom stereocenters. The van der Waals surface area contributed by atoms with Crippen LogP contribution >= 0.6 is 15.9 Å². The molecule has 1 amide bonds. The number of para-hydroxylation sites is 1. The van der Waals surface area contributed by atoms with E-state index in [-0.39, 0.29) is 18.1 Å². The SMILES string of the molecule is CCOc1cc(C=Nn2c(C)nc3ccc(Br)cc3c2=O)ccc1OCC(=O)Nc1ccccc1. The molecule has 1 aromatic heterocycles. The van der Waals surface area contributed by atoms with Gasteiger partial charge in [-0.25, -0.2) is 4.98 Å². The largest absolute Gasteiger partial charge is 0.490 e. The average Bonchev–Trinajstić information content (AvgIpc) is 2.85. The quantitative estimate of drug-likeness (QED) is 0.328. The number of ether oxygens (including phenoxy) is 2. The van der Waals surface area contributed by atoms with Gasteiger partial charge in [-0.3, -0.25) is 9.59 Å². The minimum Gasteiger partial charge on any atom is -0.490 e. The number of aromatic nitrogens is 2. The van der Waals surface area contributed by atoms with Crippen molar-refractivity contribution in [3.63, 3.8) is 0 Å². The third kappa shape index (κ3) is 5.93. The summed E-state index contributed by atoms with van der Waals surface area (Å²) in [5.74, 6) is 1.08. The second kappa shape index (κ2) is 11.0. The van der Waals surface area contributed by atoms with E-state index in [1.807, 2.05) is 31.2 Å². The van der Waals surface area contributed by atoms with Crippen molar-refractivity contribution < 1.29 is 14.3 Å². The lowest BCUT2D eigenvalue weighted by Crippen LogP contribution is -2.20. The topological polar surface area (TPSA) is 94.8 Å². The van der Waals surface area contributed by atoms with E-state index in [4.69, 9.17) is 9.47 Å². The highest BCUT2D eigenvalue weighted by Crippen LogP contribution is 2.28. The number of halogens is 1. The molecule has 4 rings (SSSR count). The summed E-state index contributed by atoms with van der Waals surface area (Å²) in [7, 11) is 0. The summed E-state index contributed by atoms with van der Waals surface area (Å²) in [6.45, 7) is 3.82. The van der Waals surface area contributed by atoms with Crippen LogP contribution < -0.4 is 20.3 Å². The van der Waals surface area contributed by atoms with E-state index in [0.717, 1.165) is 4.47 Å². The molecule has 0 aliphatic carbocycles. The molecular formula is C26H23BrN4O4. The average molecular weight is 535 g/mol. The van der Waals surface area contributed by atoms with Crippen LogP contribution in [0.25, 0.3) is 10.9 Å². The Morgan fingerprint density at radius 3 is 2.66 bits per heavy atom. The highest BCUT2D eigenvalue weighted by atomic mass is 79.9. The van der Waals surface area contributed by atoms with Crippen molar-refractivity contribution >= 4 is 44.6 Å². The second-order valence-corrected chi connectivity index (χ2v) is 8.44. The molecule has 0 saturated heterocycles. The number of rotatable bonds is 8. The lowest BCUT2D eigenvalue weighted by molar-refractivity contribution is -0.118. The molecule has 0 saturated carbocycles. The molecule has 0 radical (unpaired) electrons. The van der Waals surface area contributed by atoms with Gasteiger partial charge in [0.2, 0.25) is 0 Å². The van der Waals surface area contributed by atoms with Gasteiger partial charge in [-0.15, -0.1) is 0 Å². The predicted octanol–water partition coefficient (Wildman–Crippen LogP) is 4.77. The first-order valence-electron chi connectivity index (χ1n) is 10.9. The molecule has 9 heteroatoms. The summed E-state index contributed by atoms with van der Waals surface area (Å²) < 4.78 is 13.4. The third-order valence-electron chi connectivity index (χ3n) is 4.98. The van der Waals surface area contributed by atoms with E-state index in [1.165, 1.54) is 4.68 Å². The van der Waals surface area contributed by atoms with E-state index < -0.39 is 0 Å². The van der Waals surface area contributed by atoms with Gasteiger partial charge in [0.1, 0.15) is 5.82 Å². The van der Waals surface area contributed by atoms with Gasteiger partial charge in [0.25, 0.3) is 11.5 Å². The Morgan fingerprint density at radius 1 is 1.09 bits per heavy atom. The lowest BCUT2D eigenvalue weighted by atomic mass is 10.2. The Bertz CT molecular complexity index is 1450. The molecule has 8 nitrogen and oxygen atoms in total. The van der Waals surface area contributed by atoms with Crippen LogP contribution in [0.2, 0.25) is 0 Å².